The van der Waals surface area contributed by atoms with E-state index in [9.17, 15) is 4.79 Å². The molecule has 0 saturated carbocycles. The number of methoxy groups -OCH3 is 2. The fourth-order valence-corrected chi connectivity index (χ4v) is 2.44. The Morgan fingerprint density at radius 3 is 2.61 bits per heavy atom. The highest BCUT2D eigenvalue weighted by Crippen LogP contribution is 2.27. The molecule has 1 N–H and O–H groups in total. The Kier molecular flexibility index (Phi) is 6.23. The monoisotopic (exact) mass is 375 g/mol. The minimum absolute atomic E-state index is 0.153. The van der Waals surface area contributed by atoms with Crippen LogP contribution in [-0.4, -0.2) is 20.1 Å². The number of carbonyl (C=O) groups excluding carboxylic acids is 1. The Bertz CT molecular complexity index is 713. The highest BCUT2D eigenvalue weighted by atomic mass is 79.9. The van der Waals surface area contributed by atoms with E-state index in [1.165, 1.54) is 6.08 Å². The molecule has 2 aromatic carbocycles. The lowest BCUT2D eigenvalue weighted by molar-refractivity contribution is -0.116. The third kappa shape index (κ3) is 5.14. The SMILES string of the molecule is COc1ccc(CNC(=O)/C=C/c2cccc(Br)c2)cc1OC. The molecule has 0 spiro atoms. The van der Waals surface area contributed by atoms with E-state index >= 15 is 0 Å². The molecule has 0 radical (unpaired) electrons. The van der Waals surface area contributed by atoms with Crippen molar-refractivity contribution in [2.75, 3.05) is 14.2 Å². The van der Waals surface area contributed by atoms with Crippen molar-refractivity contribution in [1.29, 1.82) is 0 Å². The van der Waals surface area contributed by atoms with Crippen molar-refractivity contribution >= 4 is 27.9 Å². The first-order valence-corrected chi connectivity index (χ1v) is 7.84. The van der Waals surface area contributed by atoms with Gasteiger partial charge in [-0.2, -0.15) is 0 Å². The summed E-state index contributed by atoms with van der Waals surface area (Å²) in [4.78, 5) is 11.9. The average molecular weight is 376 g/mol. The molecule has 0 aliphatic rings. The van der Waals surface area contributed by atoms with Gasteiger partial charge in [-0.1, -0.05) is 34.1 Å². The number of nitrogens with one attached hydrogen (secondary N) is 1. The number of amides is 1. The number of hydrogen-bond donors (Lipinski definition) is 1. The van der Waals surface area contributed by atoms with Gasteiger partial charge in [-0.25, -0.2) is 0 Å². The second kappa shape index (κ2) is 8.39. The molecule has 0 unspecified atom stereocenters. The van der Waals surface area contributed by atoms with Crippen molar-refractivity contribution in [3.63, 3.8) is 0 Å². The van der Waals surface area contributed by atoms with Crippen LogP contribution in [0.3, 0.4) is 0 Å². The predicted octanol–water partition coefficient (Wildman–Crippen LogP) is 3.80. The first-order valence-electron chi connectivity index (χ1n) is 7.05. The van der Waals surface area contributed by atoms with Gasteiger partial charge in [0, 0.05) is 17.1 Å². The third-order valence-electron chi connectivity index (χ3n) is 3.19. The van der Waals surface area contributed by atoms with Crippen molar-refractivity contribution in [3.05, 3.63) is 64.1 Å². The van der Waals surface area contributed by atoms with Crippen LogP contribution in [0.15, 0.2) is 53.0 Å². The first kappa shape index (κ1) is 17.1. The van der Waals surface area contributed by atoms with Crippen LogP contribution in [0.1, 0.15) is 11.1 Å². The van der Waals surface area contributed by atoms with Crippen LogP contribution in [0.5, 0.6) is 11.5 Å². The fourth-order valence-electron chi connectivity index (χ4n) is 2.02. The fraction of sp³-hybridized carbons (Fsp3) is 0.167. The van der Waals surface area contributed by atoms with Gasteiger partial charge in [0.05, 0.1) is 14.2 Å². The summed E-state index contributed by atoms with van der Waals surface area (Å²) in [6.07, 6.45) is 3.29. The van der Waals surface area contributed by atoms with E-state index < -0.39 is 0 Å². The zero-order valence-corrected chi connectivity index (χ0v) is 14.6. The number of ether oxygens (including phenoxy) is 2. The molecular weight excluding hydrogens is 358 g/mol. The lowest BCUT2D eigenvalue weighted by Gasteiger charge is -2.09. The zero-order valence-electron chi connectivity index (χ0n) is 13.0. The molecule has 1 amide bonds. The summed E-state index contributed by atoms with van der Waals surface area (Å²) in [5.41, 5.74) is 1.90. The van der Waals surface area contributed by atoms with Crippen LogP contribution in [0.2, 0.25) is 0 Å². The van der Waals surface area contributed by atoms with Gasteiger partial charge >= 0.3 is 0 Å². The number of carbonyl (C=O) groups is 1. The van der Waals surface area contributed by atoms with E-state index in [0.29, 0.717) is 18.0 Å². The number of halogens is 1. The van der Waals surface area contributed by atoms with Crippen molar-refractivity contribution < 1.29 is 14.3 Å². The quantitative estimate of drug-likeness (QED) is 0.781. The number of rotatable bonds is 6. The molecule has 4 nitrogen and oxygen atoms in total. The van der Waals surface area contributed by atoms with Crippen LogP contribution in [0.25, 0.3) is 6.08 Å². The summed E-state index contributed by atoms with van der Waals surface area (Å²) < 4.78 is 11.4. The van der Waals surface area contributed by atoms with Gasteiger partial charge in [0.15, 0.2) is 11.5 Å². The molecule has 0 fully saturated rings. The van der Waals surface area contributed by atoms with Gasteiger partial charge in [-0.3, -0.25) is 4.79 Å². The lowest BCUT2D eigenvalue weighted by Crippen LogP contribution is -2.20. The second-order valence-electron chi connectivity index (χ2n) is 4.80. The predicted molar refractivity (Wildman–Crippen MR) is 94.6 cm³/mol. The maximum absolute atomic E-state index is 11.9. The van der Waals surface area contributed by atoms with E-state index in [0.717, 1.165) is 15.6 Å². The van der Waals surface area contributed by atoms with E-state index in [1.54, 1.807) is 20.3 Å². The standard InChI is InChI=1S/C18H18BrNO3/c1-22-16-8-6-14(11-17(16)23-2)12-20-18(21)9-7-13-4-3-5-15(19)10-13/h3-11H,12H2,1-2H3,(H,20,21)/b9-7+. The van der Waals surface area contributed by atoms with Crippen molar-refractivity contribution in [1.82, 2.24) is 5.32 Å². The Balaban J connectivity index is 1.94. The molecule has 0 aliphatic carbocycles. The van der Waals surface area contributed by atoms with Gasteiger partial charge in [-0.05, 0) is 41.5 Å². The maximum Gasteiger partial charge on any atom is 0.244 e. The van der Waals surface area contributed by atoms with Crippen molar-refractivity contribution in [2.45, 2.75) is 6.54 Å². The maximum atomic E-state index is 11.9. The van der Waals surface area contributed by atoms with Gasteiger partial charge in [-0.15, -0.1) is 0 Å². The van der Waals surface area contributed by atoms with E-state index in [-0.39, 0.29) is 5.91 Å². The molecule has 0 aliphatic heterocycles. The van der Waals surface area contributed by atoms with Gasteiger partial charge in [0.2, 0.25) is 5.91 Å². The third-order valence-corrected chi connectivity index (χ3v) is 3.68. The lowest BCUT2D eigenvalue weighted by atomic mass is 10.2. The van der Waals surface area contributed by atoms with Crippen LogP contribution >= 0.6 is 15.9 Å². The number of hydrogen-bond acceptors (Lipinski definition) is 3. The van der Waals surface area contributed by atoms with Crippen molar-refractivity contribution in [2.24, 2.45) is 0 Å². The van der Waals surface area contributed by atoms with Gasteiger partial charge in [0.25, 0.3) is 0 Å². The average Bonchev–Trinajstić information content (AvgIpc) is 2.57. The molecule has 23 heavy (non-hydrogen) atoms. The smallest absolute Gasteiger partial charge is 0.244 e. The largest absolute Gasteiger partial charge is 0.493 e. The van der Waals surface area contributed by atoms with Crippen LogP contribution < -0.4 is 14.8 Å². The Morgan fingerprint density at radius 2 is 1.91 bits per heavy atom. The Morgan fingerprint density at radius 1 is 1.13 bits per heavy atom. The molecule has 0 saturated heterocycles. The van der Waals surface area contributed by atoms with Crippen LogP contribution in [-0.2, 0) is 11.3 Å². The molecule has 0 bridgehead atoms. The highest BCUT2D eigenvalue weighted by molar-refractivity contribution is 9.10. The topological polar surface area (TPSA) is 47.6 Å². The summed E-state index contributed by atoms with van der Waals surface area (Å²) in [5, 5.41) is 2.84. The summed E-state index contributed by atoms with van der Waals surface area (Å²) in [6, 6.07) is 13.3. The molecule has 0 atom stereocenters. The van der Waals surface area contributed by atoms with E-state index in [2.05, 4.69) is 21.2 Å². The molecular formula is C18H18BrNO3. The molecule has 120 valence electrons. The number of benzene rings is 2. The molecule has 0 heterocycles. The highest BCUT2D eigenvalue weighted by Gasteiger charge is 2.05. The van der Waals surface area contributed by atoms with E-state index in [1.807, 2.05) is 42.5 Å². The summed E-state index contributed by atoms with van der Waals surface area (Å²) in [6.45, 7) is 0.419. The summed E-state index contributed by atoms with van der Waals surface area (Å²) in [7, 11) is 3.17. The Hall–Kier alpha value is -2.27. The van der Waals surface area contributed by atoms with Crippen molar-refractivity contribution in [3.8, 4) is 11.5 Å². The minimum atomic E-state index is -0.153. The van der Waals surface area contributed by atoms with Gasteiger partial charge < -0.3 is 14.8 Å². The van der Waals surface area contributed by atoms with Crippen LogP contribution in [0.4, 0.5) is 0 Å². The molecule has 0 aromatic heterocycles. The molecule has 2 aromatic rings. The normalized spacial score (nSPS) is 10.6. The Labute approximate surface area is 144 Å². The van der Waals surface area contributed by atoms with E-state index in [4.69, 9.17) is 9.47 Å². The summed E-state index contributed by atoms with van der Waals surface area (Å²) in [5.74, 6) is 1.15. The first-order chi connectivity index (χ1) is 11.1. The zero-order chi connectivity index (χ0) is 16.7. The van der Waals surface area contributed by atoms with Gasteiger partial charge in [0.1, 0.15) is 0 Å². The second-order valence-corrected chi connectivity index (χ2v) is 5.71. The van der Waals surface area contributed by atoms with Crippen LogP contribution in [0, 0.1) is 0 Å². The molecule has 5 heteroatoms. The minimum Gasteiger partial charge on any atom is -0.493 e. The molecule has 2 rings (SSSR count). The summed E-state index contributed by atoms with van der Waals surface area (Å²) >= 11 is 3.40.